The number of fused-ring (bicyclic) bond motifs is 1. The number of urea groups is 1. The molecule has 1 aliphatic rings. The minimum Gasteiger partial charge on any atom is -0.372 e. The van der Waals surface area contributed by atoms with Gasteiger partial charge in [0.05, 0.1) is 5.69 Å². The molecule has 0 saturated heterocycles. The standard InChI is InChI=1S/C33H37FN6O2/c1-20(2)39(6)26-9-7-23(8-10-26)30(41)16-24-15-25(34)17-27(21(24)3)31-28-18-29(37-32(28)36-19-35-31)22-11-13-40(14-12-22)33(42)38(4)5/h7-11,15,17-20H,12-14,16H2,1-6H3,(H,35,36,37). The van der Waals surface area contributed by atoms with Gasteiger partial charge in [-0.15, -0.1) is 0 Å². The topological polar surface area (TPSA) is 85.4 Å². The molecule has 9 heteroatoms. The van der Waals surface area contributed by atoms with Crippen molar-refractivity contribution in [3.8, 4) is 11.3 Å². The van der Waals surface area contributed by atoms with Crippen LogP contribution in [0.5, 0.6) is 0 Å². The Kier molecular flexibility index (Phi) is 8.11. The van der Waals surface area contributed by atoms with E-state index in [9.17, 15) is 9.59 Å². The number of benzene rings is 2. The van der Waals surface area contributed by atoms with Crippen molar-refractivity contribution in [1.82, 2.24) is 24.8 Å². The lowest BCUT2D eigenvalue weighted by molar-refractivity contribution is 0.0992. The predicted molar refractivity (Wildman–Crippen MR) is 165 cm³/mol. The molecule has 2 amide bonds. The maximum atomic E-state index is 15.0. The van der Waals surface area contributed by atoms with E-state index in [4.69, 9.17) is 0 Å². The van der Waals surface area contributed by atoms with Gasteiger partial charge in [0.25, 0.3) is 0 Å². The molecule has 1 aliphatic heterocycles. The molecule has 42 heavy (non-hydrogen) atoms. The third kappa shape index (κ3) is 5.77. The van der Waals surface area contributed by atoms with Crippen LogP contribution in [-0.4, -0.2) is 76.8 Å². The van der Waals surface area contributed by atoms with Crippen LogP contribution in [0.15, 0.2) is 54.9 Å². The van der Waals surface area contributed by atoms with Crippen molar-refractivity contribution in [1.29, 1.82) is 0 Å². The number of carbonyl (C=O) groups excluding carboxylic acids is 2. The number of H-pyrrole nitrogens is 1. The van der Waals surface area contributed by atoms with Crippen molar-refractivity contribution < 1.29 is 14.0 Å². The van der Waals surface area contributed by atoms with E-state index in [1.165, 1.54) is 18.5 Å². The molecular weight excluding hydrogens is 531 g/mol. The van der Waals surface area contributed by atoms with Gasteiger partial charge in [-0.3, -0.25) is 4.79 Å². The molecule has 5 rings (SSSR count). The zero-order valence-corrected chi connectivity index (χ0v) is 25.0. The summed E-state index contributed by atoms with van der Waals surface area (Å²) in [5.74, 6) is -0.494. The van der Waals surface area contributed by atoms with Gasteiger partial charge in [-0.1, -0.05) is 6.08 Å². The Labute approximate surface area is 245 Å². The van der Waals surface area contributed by atoms with E-state index < -0.39 is 5.82 Å². The molecule has 3 heterocycles. The first kappa shape index (κ1) is 29.0. The smallest absolute Gasteiger partial charge is 0.319 e. The summed E-state index contributed by atoms with van der Waals surface area (Å²) in [5.41, 5.74) is 6.94. The number of aromatic amines is 1. The highest BCUT2D eigenvalue weighted by Gasteiger charge is 2.22. The highest BCUT2D eigenvalue weighted by molar-refractivity contribution is 5.99. The molecule has 0 fully saturated rings. The lowest BCUT2D eigenvalue weighted by Crippen LogP contribution is -2.41. The summed E-state index contributed by atoms with van der Waals surface area (Å²) in [6.07, 6.45) is 4.30. The number of Topliss-reactive ketones (excluding diaryl/α,β-unsaturated/α-hetero) is 1. The van der Waals surface area contributed by atoms with Crippen LogP contribution < -0.4 is 4.90 Å². The number of amides is 2. The summed E-state index contributed by atoms with van der Waals surface area (Å²) in [7, 11) is 5.52. The van der Waals surface area contributed by atoms with E-state index in [1.807, 2.05) is 50.4 Å². The Bertz CT molecular complexity index is 1670. The van der Waals surface area contributed by atoms with E-state index in [0.29, 0.717) is 53.6 Å². The minimum absolute atomic E-state index is 0.0123. The lowest BCUT2D eigenvalue weighted by Gasteiger charge is -2.28. The third-order valence-electron chi connectivity index (χ3n) is 8.09. The second kappa shape index (κ2) is 11.8. The number of ketones is 1. The van der Waals surface area contributed by atoms with E-state index >= 15 is 4.39 Å². The number of carbonyl (C=O) groups is 2. The number of aromatic nitrogens is 3. The van der Waals surface area contributed by atoms with Crippen LogP contribution >= 0.6 is 0 Å². The van der Waals surface area contributed by atoms with Gasteiger partial charge < -0.3 is 19.7 Å². The van der Waals surface area contributed by atoms with Gasteiger partial charge in [0.15, 0.2) is 5.78 Å². The Balaban J connectivity index is 1.43. The molecule has 0 radical (unpaired) electrons. The Morgan fingerprint density at radius 3 is 2.45 bits per heavy atom. The van der Waals surface area contributed by atoms with Gasteiger partial charge in [-0.2, -0.15) is 0 Å². The lowest BCUT2D eigenvalue weighted by atomic mass is 9.93. The monoisotopic (exact) mass is 568 g/mol. The van der Waals surface area contributed by atoms with Crippen molar-refractivity contribution in [2.75, 3.05) is 39.1 Å². The van der Waals surface area contributed by atoms with Gasteiger partial charge in [-0.05, 0) is 86.4 Å². The molecular formula is C33H37FN6O2. The summed E-state index contributed by atoms with van der Waals surface area (Å²) in [5, 5.41) is 0.774. The first-order valence-electron chi connectivity index (χ1n) is 14.2. The zero-order valence-electron chi connectivity index (χ0n) is 25.0. The zero-order chi connectivity index (χ0) is 30.1. The van der Waals surface area contributed by atoms with Crippen LogP contribution in [0.1, 0.15) is 47.4 Å². The Morgan fingerprint density at radius 2 is 1.81 bits per heavy atom. The van der Waals surface area contributed by atoms with Crippen molar-refractivity contribution in [3.05, 3.63) is 83.1 Å². The van der Waals surface area contributed by atoms with Crippen LogP contribution in [0.3, 0.4) is 0 Å². The fourth-order valence-electron chi connectivity index (χ4n) is 5.32. The highest BCUT2D eigenvalue weighted by Crippen LogP contribution is 2.34. The summed E-state index contributed by atoms with van der Waals surface area (Å²) < 4.78 is 15.0. The van der Waals surface area contributed by atoms with Crippen LogP contribution in [0.4, 0.5) is 14.9 Å². The second-order valence-corrected chi connectivity index (χ2v) is 11.4. The quantitative estimate of drug-likeness (QED) is 0.272. The van der Waals surface area contributed by atoms with Gasteiger partial charge in [-0.25, -0.2) is 19.2 Å². The summed E-state index contributed by atoms with van der Waals surface area (Å²) in [6, 6.07) is 12.8. The molecule has 0 saturated carbocycles. The van der Waals surface area contributed by atoms with Gasteiger partial charge >= 0.3 is 6.03 Å². The summed E-state index contributed by atoms with van der Waals surface area (Å²) >= 11 is 0. The molecule has 0 spiro atoms. The Hall–Kier alpha value is -4.53. The number of rotatable bonds is 7. The molecule has 0 unspecified atom stereocenters. The molecule has 0 bridgehead atoms. The van der Waals surface area contributed by atoms with Crippen LogP contribution in [0.2, 0.25) is 0 Å². The average molecular weight is 569 g/mol. The average Bonchev–Trinajstić information content (AvgIpc) is 3.43. The van der Waals surface area contributed by atoms with Crippen molar-refractivity contribution in [2.45, 2.75) is 39.7 Å². The molecule has 8 nitrogen and oxygen atoms in total. The number of nitrogens with zero attached hydrogens (tertiary/aromatic N) is 5. The van der Waals surface area contributed by atoms with Gasteiger partial charge in [0.2, 0.25) is 0 Å². The van der Waals surface area contributed by atoms with Crippen molar-refractivity contribution in [3.63, 3.8) is 0 Å². The minimum atomic E-state index is -0.421. The normalized spacial score (nSPS) is 13.4. The van der Waals surface area contributed by atoms with E-state index in [-0.39, 0.29) is 18.2 Å². The van der Waals surface area contributed by atoms with Gasteiger partial charge in [0.1, 0.15) is 17.8 Å². The van der Waals surface area contributed by atoms with E-state index in [1.54, 1.807) is 23.9 Å². The molecule has 2 aromatic heterocycles. The fourth-order valence-corrected chi connectivity index (χ4v) is 5.32. The van der Waals surface area contributed by atoms with E-state index in [2.05, 4.69) is 33.7 Å². The first-order chi connectivity index (χ1) is 20.0. The molecule has 218 valence electrons. The summed E-state index contributed by atoms with van der Waals surface area (Å²) in [4.78, 5) is 43.4. The highest BCUT2D eigenvalue weighted by atomic mass is 19.1. The number of hydrogen-bond acceptors (Lipinski definition) is 5. The maximum absolute atomic E-state index is 15.0. The molecule has 2 aromatic carbocycles. The maximum Gasteiger partial charge on any atom is 0.319 e. The first-order valence-corrected chi connectivity index (χ1v) is 14.2. The fraction of sp³-hybridized carbons (Fsp3) is 0.333. The van der Waals surface area contributed by atoms with Crippen LogP contribution in [0.25, 0.3) is 27.9 Å². The van der Waals surface area contributed by atoms with Crippen molar-refractivity contribution >= 4 is 34.1 Å². The van der Waals surface area contributed by atoms with E-state index in [0.717, 1.165) is 27.9 Å². The molecule has 0 atom stereocenters. The van der Waals surface area contributed by atoms with Crippen LogP contribution in [0, 0.1) is 12.7 Å². The molecule has 0 aliphatic carbocycles. The number of anilines is 1. The largest absolute Gasteiger partial charge is 0.372 e. The number of hydrogen-bond donors (Lipinski definition) is 1. The Morgan fingerprint density at radius 1 is 1.07 bits per heavy atom. The molecule has 1 N–H and O–H groups in total. The second-order valence-electron chi connectivity index (χ2n) is 11.4. The number of nitrogens with one attached hydrogen (secondary N) is 1. The van der Waals surface area contributed by atoms with Crippen LogP contribution in [-0.2, 0) is 6.42 Å². The number of halogens is 1. The predicted octanol–water partition coefficient (Wildman–Crippen LogP) is 6.11. The molecule has 4 aromatic rings. The summed E-state index contributed by atoms with van der Waals surface area (Å²) in [6.45, 7) is 7.27. The van der Waals surface area contributed by atoms with Gasteiger partial charge in [0, 0.05) is 74.6 Å². The SMILES string of the molecule is Cc1c(CC(=O)c2ccc(N(C)C(C)C)cc2)cc(F)cc1-c1ncnc2[nH]c(C3=CCN(C(=O)N(C)C)CC3)cc12. The third-order valence-corrected chi connectivity index (χ3v) is 8.09. The van der Waals surface area contributed by atoms with Crippen molar-refractivity contribution in [2.24, 2.45) is 0 Å².